The molecule has 0 unspecified atom stereocenters. The molecule has 0 aromatic carbocycles. The van der Waals surface area contributed by atoms with Crippen LogP contribution in [0, 0.1) is 0 Å². The second kappa shape index (κ2) is 3.94. The number of ether oxygens (including phenoxy) is 2. The number of aliphatic hydroxyl groups is 2. The second-order valence-corrected chi connectivity index (χ2v) is 3.52. The molecule has 14 heavy (non-hydrogen) atoms. The number of hydrogen-bond acceptors (Lipinski definition) is 5. The molecular formula is C9H16O5. The highest BCUT2D eigenvalue weighted by molar-refractivity contribution is 5.86. The fourth-order valence-corrected chi connectivity index (χ4v) is 1.66. The van der Waals surface area contributed by atoms with Gasteiger partial charge >= 0.3 is 0 Å². The molecule has 1 aliphatic heterocycles. The Hall–Kier alpha value is -0.490. The van der Waals surface area contributed by atoms with E-state index in [0.717, 1.165) is 0 Å². The zero-order chi connectivity index (χ0) is 12.3. The first kappa shape index (κ1) is 8.79. The molecule has 0 aromatic rings. The zero-order valence-corrected chi connectivity index (χ0v) is 8.48. The maximum absolute atomic E-state index is 11.6. The summed E-state index contributed by atoms with van der Waals surface area (Å²) < 4.78 is 24.4. The molecule has 5 heteroatoms. The van der Waals surface area contributed by atoms with Gasteiger partial charge < -0.3 is 19.7 Å². The number of Topliss-reactive ketones (excluding diaryl/α,β-unsaturated/α-hetero) is 1. The number of rotatable bonds is 4. The average Bonchev–Trinajstić information content (AvgIpc) is 2.27. The molecule has 0 saturated carbocycles. The van der Waals surface area contributed by atoms with Crippen LogP contribution in [0.5, 0.6) is 0 Å². The fraction of sp³-hybridized carbons (Fsp3) is 0.889. The van der Waals surface area contributed by atoms with E-state index in [1.165, 1.54) is 14.0 Å². The van der Waals surface area contributed by atoms with Gasteiger partial charge in [-0.05, 0) is 13.8 Å². The van der Waals surface area contributed by atoms with E-state index in [1.54, 1.807) is 6.92 Å². The molecule has 4 atom stereocenters. The summed E-state index contributed by atoms with van der Waals surface area (Å²) >= 11 is 0. The Balaban J connectivity index is 3.00. The number of aliphatic hydroxyl groups excluding tert-OH is 1. The van der Waals surface area contributed by atoms with Crippen molar-refractivity contribution in [1.82, 2.24) is 0 Å². The van der Waals surface area contributed by atoms with E-state index in [9.17, 15) is 4.79 Å². The van der Waals surface area contributed by atoms with E-state index in [4.69, 9.17) is 12.3 Å². The monoisotopic (exact) mass is 206 g/mol. The molecule has 1 fully saturated rings. The van der Waals surface area contributed by atoms with Crippen LogP contribution in [0.4, 0.5) is 0 Å². The molecule has 82 valence electrons. The second-order valence-electron chi connectivity index (χ2n) is 3.52. The number of carbonyl (C=O) groups is 1. The Morgan fingerprint density at radius 3 is 2.93 bits per heavy atom. The number of ketones is 1. The average molecular weight is 206 g/mol. The number of carbonyl (C=O) groups excluding carboxylic acids is 1. The lowest BCUT2D eigenvalue weighted by molar-refractivity contribution is -0.266. The van der Waals surface area contributed by atoms with Crippen LogP contribution in [0.15, 0.2) is 0 Å². The largest absolute Gasteiger partial charge is 0.389 e. The highest BCUT2D eigenvalue weighted by Crippen LogP contribution is 2.30. The van der Waals surface area contributed by atoms with E-state index in [1.807, 2.05) is 0 Å². The van der Waals surface area contributed by atoms with Crippen molar-refractivity contribution < 1.29 is 24.5 Å². The molecule has 5 nitrogen and oxygen atoms in total. The summed E-state index contributed by atoms with van der Waals surface area (Å²) in [4.78, 5) is 11.6. The van der Waals surface area contributed by atoms with Gasteiger partial charge in [-0.1, -0.05) is 0 Å². The maximum atomic E-state index is 11.6. The Bertz CT molecular complexity index is 262. The lowest BCUT2D eigenvalue weighted by Gasteiger charge is -2.42. The molecule has 0 bridgehead atoms. The molecule has 0 spiro atoms. The van der Waals surface area contributed by atoms with Crippen molar-refractivity contribution >= 4 is 5.78 Å². The first-order valence-electron chi connectivity index (χ1n) is 5.30. The van der Waals surface area contributed by atoms with Gasteiger partial charge in [0.05, 0.1) is 12.2 Å². The summed E-state index contributed by atoms with van der Waals surface area (Å²) in [5.41, 5.74) is -1.56. The Labute approximate surface area is 85.6 Å². The normalized spacial score (nSPS) is 45.5. The summed E-state index contributed by atoms with van der Waals surface area (Å²) in [6.07, 6.45) is -1.98. The van der Waals surface area contributed by atoms with Gasteiger partial charge in [-0.25, -0.2) is 0 Å². The predicted molar refractivity (Wildman–Crippen MR) is 47.6 cm³/mol. The summed E-state index contributed by atoms with van der Waals surface area (Å²) in [6.45, 7) is 2.88. The van der Waals surface area contributed by atoms with Crippen molar-refractivity contribution in [1.29, 1.82) is 2.86 Å². The van der Waals surface area contributed by atoms with Crippen molar-refractivity contribution in [2.24, 2.45) is 0 Å². The van der Waals surface area contributed by atoms with Crippen molar-refractivity contribution in [3.63, 3.8) is 0 Å². The lowest BCUT2D eigenvalue weighted by Crippen LogP contribution is -2.62. The van der Waals surface area contributed by atoms with Gasteiger partial charge in [0, 0.05) is 13.5 Å². The van der Waals surface area contributed by atoms with Gasteiger partial charge in [-0.3, -0.25) is 4.79 Å². The molecule has 1 heterocycles. The Morgan fingerprint density at radius 2 is 2.50 bits per heavy atom. The molecule has 1 aliphatic rings. The highest BCUT2D eigenvalue weighted by Gasteiger charge is 2.51. The van der Waals surface area contributed by atoms with Crippen molar-refractivity contribution in [2.45, 2.75) is 44.4 Å². The van der Waals surface area contributed by atoms with Crippen LogP contribution in [-0.2, 0) is 14.3 Å². The summed E-state index contributed by atoms with van der Waals surface area (Å²) in [5.74, 6) is -0.401. The van der Waals surface area contributed by atoms with Crippen molar-refractivity contribution in [3.05, 3.63) is 0 Å². The van der Waals surface area contributed by atoms with Crippen LogP contribution in [0.2, 0.25) is 0 Å². The third kappa shape index (κ3) is 1.68. The van der Waals surface area contributed by atoms with Gasteiger partial charge in [0.15, 0.2) is 17.7 Å². The minimum Gasteiger partial charge on any atom is -0.389 e. The van der Waals surface area contributed by atoms with Gasteiger partial charge in [0.25, 0.3) is 0 Å². The van der Waals surface area contributed by atoms with Gasteiger partial charge in [0.2, 0.25) is 2.86 Å². The van der Waals surface area contributed by atoms with Crippen LogP contribution >= 0.6 is 0 Å². The molecule has 0 aromatic heterocycles. The van der Waals surface area contributed by atoms with E-state index in [2.05, 4.69) is 10.2 Å². The first-order chi connectivity index (χ1) is 7.52. The molecule has 2 N–H and O–H groups in total. The number of hydrogen-bond donors (Lipinski definition) is 2. The smallest absolute Gasteiger partial charge is 0.212 e. The van der Waals surface area contributed by atoms with E-state index in [0.29, 0.717) is 0 Å². The maximum Gasteiger partial charge on any atom is 0.212 e. The third-order valence-corrected chi connectivity index (χ3v) is 2.66. The molecule has 0 amide bonds. The summed E-state index contributed by atoms with van der Waals surface area (Å²) in [6, 6.07) is 0. The third-order valence-electron chi connectivity index (χ3n) is 2.66. The summed E-state index contributed by atoms with van der Waals surface area (Å²) in [7, 11) is 1.46. The van der Waals surface area contributed by atoms with Crippen molar-refractivity contribution in [3.8, 4) is 0 Å². The van der Waals surface area contributed by atoms with Crippen molar-refractivity contribution in [2.75, 3.05) is 7.11 Å². The predicted octanol–water partition coefficient (Wildman–Crippen LogP) is -0.551. The lowest BCUT2D eigenvalue weighted by atomic mass is 9.83. The van der Waals surface area contributed by atoms with Gasteiger partial charge in [0.1, 0.15) is 0 Å². The van der Waals surface area contributed by atoms with Crippen LogP contribution < -0.4 is 0 Å². The van der Waals surface area contributed by atoms with E-state index < -0.39 is 29.9 Å². The highest BCUT2D eigenvalue weighted by atomic mass is 16.7. The standard InChI is InChI=1S/C9H16O5/c1-5(10)9(12)6(2)14-8(13-3)4-7(9)11/h6-8,11-12H,4H2,1-3H3/t6-,7+,8+,9+/m0/s1/i11D,12D. The molecule has 1 rings (SSSR count). The quantitative estimate of drug-likeness (QED) is 0.645. The molecule has 0 aliphatic carbocycles. The Morgan fingerprint density at radius 1 is 1.79 bits per heavy atom. The minimum atomic E-state index is -1.56. The fourth-order valence-electron chi connectivity index (χ4n) is 1.66. The topological polar surface area (TPSA) is 76.0 Å². The summed E-state index contributed by atoms with van der Waals surface area (Å²) in [5, 5.41) is 9.01. The van der Waals surface area contributed by atoms with Crippen LogP contribution in [0.1, 0.15) is 20.3 Å². The molecule has 0 radical (unpaired) electrons. The Kier molecular flexibility index (Phi) is 2.47. The minimum absolute atomic E-state index is 0.169. The van der Waals surface area contributed by atoms with Crippen LogP contribution in [-0.4, -0.2) is 50.1 Å². The first-order valence-corrected chi connectivity index (χ1v) is 4.48. The molecule has 1 saturated heterocycles. The SMILES string of the molecule is [2H]O[C@@H]1C[C@H](OC)O[C@@H](C)[C@]1(O[2H])C(C)=O. The zero-order valence-electron chi connectivity index (χ0n) is 10.5. The van der Waals surface area contributed by atoms with Crippen LogP contribution in [0.25, 0.3) is 0 Å². The van der Waals surface area contributed by atoms with Gasteiger partial charge in [-0.15, -0.1) is 0 Å². The van der Waals surface area contributed by atoms with Crippen LogP contribution in [0.3, 0.4) is 0 Å². The van der Waals surface area contributed by atoms with Gasteiger partial charge in [-0.2, -0.15) is 0 Å². The van der Waals surface area contributed by atoms with E-state index in [-0.39, 0.29) is 6.42 Å². The number of methoxy groups -OCH3 is 1. The molecular weight excluding hydrogens is 188 g/mol. The van der Waals surface area contributed by atoms with E-state index >= 15 is 0 Å².